The number of ether oxygens (including phenoxy) is 2. The number of rotatable bonds is 8. The highest BCUT2D eigenvalue weighted by atomic mass is 32.1. The highest BCUT2D eigenvalue weighted by molar-refractivity contribution is 7.34. The quantitative estimate of drug-likeness (QED) is 0.163. The molecule has 7 aromatic heterocycles. The molecule has 7 aromatic rings. The minimum Gasteiger partial charge on any atom is -0.429 e. The molecule has 0 spiro atoms. The molecule has 0 aromatic carbocycles. The second kappa shape index (κ2) is 10.4. The second-order valence-corrected chi connectivity index (χ2v) is 12.7. The van der Waals surface area contributed by atoms with Gasteiger partial charge in [-0.15, -0.1) is 45.3 Å². The van der Waals surface area contributed by atoms with E-state index in [-0.39, 0.29) is 0 Å². The Bertz CT molecular complexity index is 1980. The average molecular weight is 598 g/mol. The molecular formula is C29H15N3O4S4. The van der Waals surface area contributed by atoms with Crippen molar-refractivity contribution >= 4 is 77.1 Å². The molecule has 0 amide bonds. The summed E-state index contributed by atoms with van der Waals surface area (Å²) in [5.74, 6) is 0.619. The monoisotopic (exact) mass is 597 g/mol. The largest absolute Gasteiger partial charge is 0.429 e. The number of hydrogen-bond acceptors (Lipinski definition) is 11. The third-order valence-corrected chi connectivity index (χ3v) is 10.7. The van der Waals surface area contributed by atoms with Gasteiger partial charge in [-0.3, -0.25) is 19.6 Å². The highest BCUT2D eigenvalue weighted by Crippen LogP contribution is 2.45. The summed E-state index contributed by atoms with van der Waals surface area (Å²) in [4.78, 5) is 39.2. The molecule has 0 N–H and O–H groups in total. The van der Waals surface area contributed by atoms with Crippen molar-refractivity contribution in [2.45, 2.75) is 0 Å². The summed E-state index contributed by atoms with van der Waals surface area (Å²) in [5.41, 5.74) is 3.04. The van der Waals surface area contributed by atoms with Gasteiger partial charge in [-0.25, -0.2) is 4.98 Å². The third kappa shape index (κ3) is 4.69. The van der Waals surface area contributed by atoms with Gasteiger partial charge in [0.2, 0.25) is 0 Å². The lowest BCUT2D eigenvalue weighted by Gasteiger charge is -2.09. The van der Waals surface area contributed by atoms with Crippen LogP contribution in [0.3, 0.4) is 0 Å². The molecule has 0 atom stereocenters. The van der Waals surface area contributed by atoms with Gasteiger partial charge in [-0.1, -0.05) is 0 Å². The summed E-state index contributed by atoms with van der Waals surface area (Å²) in [6, 6.07) is 19.3. The van der Waals surface area contributed by atoms with Crippen LogP contribution in [0.5, 0.6) is 11.5 Å². The van der Waals surface area contributed by atoms with Crippen molar-refractivity contribution in [1.29, 1.82) is 0 Å². The zero-order valence-corrected chi connectivity index (χ0v) is 23.5. The first-order valence-corrected chi connectivity index (χ1v) is 15.2. The van der Waals surface area contributed by atoms with E-state index in [4.69, 9.17) is 14.5 Å². The van der Waals surface area contributed by atoms with E-state index >= 15 is 0 Å². The Morgan fingerprint density at radius 1 is 0.575 bits per heavy atom. The summed E-state index contributed by atoms with van der Waals surface area (Å²) >= 11 is 7.16. The maximum Gasteiger partial charge on any atom is 0.298 e. The third-order valence-electron chi connectivity index (χ3n) is 6.06. The van der Waals surface area contributed by atoms with Gasteiger partial charge in [-0.05, 0) is 53.4 Å². The zero-order chi connectivity index (χ0) is 27.1. The molecule has 0 saturated heterocycles. The number of carbonyl (C=O) groups is 2. The van der Waals surface area contributed by atoms with Gasteiger partial charge in [0, 0.05) is 64.0 Å². The molecule has 0 radical (unpaired) electrons. The standard InChI is InChI=1S/C29H15N3O4S4/c33-14-35-17-2-5-31-20(8-17)22-10-18(36-15-34)9-21(32-22)19-7-16(1-4-30-19)24-11-26-28(39-24)13-29(40-26)27-12-25-23(38-27)3-6-37-25/h1-15H. The normalized spacial score (nSPS) is 11.2. The van der Waals surface area contributed by atoms with Crippen molar-refractivity contribution in [1.82, 2.24) is 15.0 Å². The molecule has 7 rings (SSSR count). The van der Waals surface area contributed by atoms with Crippen molar-refractivity contribution in [3.8, 4) is 54.5 Å². The zero-order valence-electron chi connectivity index (χ0n) is 20.3. The van der Waals surface area contributed by atoms with E-state index in [2.05, 4.69) is 39.6 Å². The first kappa shape index (κ1) is 24.7. The topological polar surface area (TPSA) is 91.3 Å². The summed E-state index contributed by atoms with van der Waals surface area (Å²) in [5, 5.41) is 2.13. The molecule has 194 valence electrons. The molecule has 0 aliphatic heterocycles. The molecule has 11 heteroatoms. The van der Waals surface area contributed by atoms with Crippen molar-refractivity contribution in [3.63, 3.8) is 0 Å². The van der Waals surface area contributed by atoms with Gasteiger partial charge in [0.15, 0.2) is 0 Å². The number of carbonyl (C=O) groups excluding carboxylic acids is 2. The molecule has 0 fully saturated rings. The second-order valence-electron chi connectivity index (χ2n) is 8.52. The van der Waals surface area contributed by atoms with Crippen LogP contribution in [-0.2, 0) is 9.59 Å². The van der Waals surface area contributed by atoms with Crippen LogP contribution >= 0.6 is 45.3 Å². The summed E-state index contributed by atoms with van der Waals surface area (Å²) in [6.07, 6.45) is 3.25. The minimum absolute atomic E-state index is 0.295. The molecule has 0 unspecified atom stereocenters. The molecule has 40 heavy (non-hydrogen) atoms. The van der Waals surface area contributed by atoms with Crippen LogP contribution in [0, 0.1) is 0 Å². The fourth-order valence-electron chi connectivity index (χ4n) is 4.28. The molecule has 0 saturated carbocycles. The Kier molecular flexibility index (Phi) is 6.40. The van der Waals surface area contributed by atoms with Gasteiger partial charge >= 0.3 is 0 Å². The number of thiophene rings is 4. The smallest absolute Gasteiger partial charge is 0.298 e. The van der Waals surface area contributed by atoms with Crippen molar-refractivity contribution < 1.29 is 19.1 Å². The molecule has 0 aliphatic carbocycles. The van der Waals surface area contributed by atoms with Crippen molar-refractivity contribution in [3.05, 3.63) is 78.4 Å². The van der Waals surface area contributed by atoms with E-state index < -0.39 is 0 Å². The van der Waals surface area contributed by atoms with Crippen LogP contribution in [0.25, 0.3) is 61.8 Å². The minimum atomic E-state index is 0.295. The Morgan fingerprint density at radius 3 is 1.93 bits per heavy atom. The van der Waals surface area contributed by atoms with Crippen LogP contribution in [0.2, 0.25) is 0 Å². The van der Waals surface area contributed by atoms with Crippen LogP contribution in [0.15, 0.2) is 78.4 Å². The lowest BCUT2D eigenvalue weighted by atomic mass is 10.1. The molecule has 0 bridgehead atoms. The number of fused-ring (bicyclic) bond motifs is 2. The first-order valence-electron chi connectivity index (χ1n) is 11.8. The van der Waals surface area contributed by atoms with Crippen LogP contribution in [0.4, 0.5) is 0 Å². The summed E-state index contributed by atoms with van der Waals surface area (Å²) in [7, 11) is 0. The van der Waals surface area contributed by atoms with Crippen LogP contribution < -0.4 is 9.47 Å². The van der Waals surface area contributed by atoms with Gasteiger partial charge in [0.1, 0.15) is 11.5 Å². The van der Waals surface area contributed by atoms with Gasteiger partial charge in [0.05, 0.1) is 22.8 Å². The van der Waals surface area contributed by atoms with Gasteiger partial charge in [-0.2, -0.15) is 0 Å². The number of nitrogens with zero attached hydrogens (tertiary/aromatic N) is 3. The van der Waals surface area contributed by atoms with E-state index in [0.29, 0.717) is 47.2 Å². The lowest BCUT2D eigenvalue weighted by molar-refractivity contribution is -0.121. The Morgan fingerprint density at radius 2 is 1.18 bits per heavy atom. The molecule has 0 aliphatic rings. The lowest BCUT2D eigenvalue weighted by Crippen LogP contribution is -1.97. The Balaban J connectivity index is 1.23. The highest BCUT2D eigenvalue weighted by Gasteiger charge is 2.15. The molecule has 7 heterocycles. The Hall–Kier alpha value is -4.29. The maximum atomic E-state index is 11.1. The van der Waals surface area contributed by atoms with E-state index in [1.807, 2.05) is 23.5 Å². The number of aromatic nitrogens is 3. The van der Waals surface area contributed by atoms with E-state index in [1.54, 1.807) is 64.5 Å². The van der Waals surface area contributed by atoms with Crippen LogP contribution in [0.1, 0.15) is 0 Å². The van der Waals surface area contributed by atoms with Crippen molar-refractivity contribution in [2.24, 2.45) is 0 Å². The summed E-state index contributed by atoms with van der Waals surface area (Å²) in [6.45, 7) is 0.706. The predicted octanol–water partition coefficient (Wildman–Crippen LogP) is 8.16. The van der Waals surface area contributed by atoms with E-state index in [1.165, 1.54) is 34.8 Å². The Labute approximate surface area is 243 Å². The van der Waals surface area contributed by atoms with E-state index in [0.717, 1.165) is 10.4 Å². The van der Waals surface area contributed by atoms with Crippen LogP contribution in [-0.4, -0.2) is 27.9 Å². The van der Waals surface area contributed by atoms with E-state index in [9.17, 15) is 9.59 Å². The first-order chi connectivity index (χ1) is 19.7. The summed E-state index contributed by atoms with van der Waals surface area (Å²) < 4.78 is 15.3. The fourth-order valence-corrected chi connectivity index (χ4v) is 8.86. The average Bonchev–Trinajstić information content (AvgIpc) is 3.74. The number of hydrogen-bond donors (Lipinski definition) is 0. The predicted molar refractivity (Wildman–Crippen MR) is 161 cm³/mol. The van der Waals surface area contributed by atoms with Gasteiger partial charge in [0.25, 0.3) is 12.9 Å². The molecular weight excluding hydrogens is 583 g/mol. The molecule has 7 nitrogen and oxygen atoms in total. The van der Waals surface area contributed by atoms with Gasteiger partial charge < -0.3 is 9.47 Å². The fraction of sp³-hybridized carbons (Fsp3) is 0. The number of pyridine rings is 3. The maximum absolute atomic E-state index is 11.1. The van der Waals surface area contributed by atoms with Crippen molar-refractivity contribution in [2.75, 3.05) is 0 Å². The SMILES string of the molecule is O=COc1ccnc(-c2cc(OC=O)cc(-c3cc(-c4cc5sc(-c6cc7sccc7s6)cc5s4)ccn3)n2)c1.